The molecule has 0 aliphatic carbocycles. The normalized spacial score (nSPS) is 24.7. The molecule has 13 nitrogen and oxygen atoms in total. The average molecular weight is 605 g/mol. The molecule has 44 heavy (non-hydrogen) atoms. The second kappa shape index (κ2) is 8.99. The van der Waals surface area contributed by atoms with Crippen molar-refractivity contribution in [2.45, 2.75) is 36.9 Å². The Morgan fingerprint density at radius 3 is 2.11 bits per heavy atom. The molecule has 9 N–H and O–H groups in total. The molecular formula is C31H24O13. The molecule has 13 heteroatoms. The average Bonchev–Trinajstić information content (AvgIpc) is 2.96. The van der Waals surface area contributed by atoms with Crippen LogP contribution in [-0.4, -0.2) is 63.9 Å². The van der Waals surface area contributed by atoms with E-state index in [2.05, 4.69) is 0 Å². The Labute approximate surface area is 247 Å². The predicted octanol–water partition coefficient (Wildman–Crippen LogP) is 2.74. The maximum absolute atomic E-state index is 13.5. The molecule has 5 unspecified atom stereocenters. The first-order chi connectivity index (χ1) is 20.8. The van der Waals surface area contributed by atoms with Gasteiger partial charge in [-0.3, -0.25) is 4.79 Å². The number of hydrogen-bond donors (Lipinski definition) is 9. The lowest BCUT2D eigenvalue weighted by Crippen LogP contribution is -2.57. The number of benzene rings is 4. The van der Waals surface area contributed by atoms with Gasteiger partial charge < -0.3 is 60.2 Å². The molecule has 3 heterocycles. The first-order valence-electron chi connectivity index (χ1n) is 13.3. The monoisotopic (exact) mass is 604 g/mol. The number of aryl methyl sites for hydroxylation is 1. The van der Waals surface area contributed by atoms with Crippen LogP contribution < -0.4 is 14.2 Å². The van der Waals surface area contributed by atoms with Crippen LogP contribution in [-0.2, 0) is 5.79 Å². The van der Waals surface area contributed by atoms with Gasteiger partial charge in [-0.05, 0) is 30.7 Å². The smallest absolute Gasteiger partial charge is 0.305 e. The Morgan fingerprint density at radius 2 is 1.41 bits per heavy atom. The summed E-state index contributed by atoms with van der Waals surface area (Å²) in [6.07, 6.45) is -5.23. The number of aliphatic hydroxyl groups excluding tert-OH is 2. The topological polar surface area (TPSA) is 227 Å². The summed E-state index contributed by atoms with van der Waals surface area (Å²) < 4.78 is 18.2. The summed E-state index contributed by atoms with van der Waals surface area (Å²) in [7, 11) is 0. The molecule has 2 bridgehead atoms. The van der Waals surface area contributed by atoms with E-state index in [1.807, 2.05) is 0 Å². The van der Waals surface area contributed by atoms with Crippen LogP contribution in [0.25, 0.3) is 0 Å². The highest BCUT2D eigenvalue weighted by Gasteiger charge is 2.60. The number of rotatable bonds is 2. The minimum atomic E-state index is -2.20. The van der Waals surface area contributed by atoms with Gasteiger partial charge in [-0.15, -0.1) is 0 Å². The maximum Gasteiger partial charge on any atom is 0.305 e. The summed E-state index contributed by atoms with van der Waals surface area (Å²) >= 11 is 0. The number of carbonyl (C=O) groups excluding carboxylic acids is 1. The van der Waals surface area contributed by atoms with Crippen LogP contribution in [0.1, 0.15) is 50.2 Å². The van der Waals surface area contributed by atoms with Crippen molar-refractivity contribution < 1.29 is 65.0 Å². The largest absolute Gasteiger partial charge is 0.508 e. The number of ketones is 1. The van der Waals surface area contributed by atoms with E-state index >= 15 is 0 Å². The van der Waals surface area contributed by atoms with Gasteiger partial charge in [-0.1, -0.05) is 12.1 Å². The van der Waals surface area contributed by atoms with Crippen LogP contribution >= 0.6 is 0 Å². The lowest BCUT2D eigenvalue weighted by molar-refractivity contribution is -0.218. The highest BCUT2D eigenvalue weighted by Crippen LogP contribution is 2.62. The first-order valence-corrected chi connectivity index (χ1v) is 13.3. The summed E-state index contributed by atoms with van der Waals surface area (Å²) in [5.74, 6) is -9.04. The van der Waals surface area contributed by atoms with Crippen LogP contribution in [0.3, 0.4) is 0 Å². The number of phenols is 7. The van der Waals surface area contributed by atoms with Gasteiger partial charge in [-0.2, -0.15) is 0 Å². The van der Waals surface area contributed by atoms with E-state index in [0.717, 1.165) is 24.3 Å². The van der Waals surface area contributed by atoms with Gasteiger partial charge in [-0.25, -0.2) is 0 Å². The molecule has 0 amide bonds. The Bertz CT molecular complexity index is 1920. The van der Waals surface area contributed by atoms with Crippen LogP contribution in [0.15, 0.2) is 48.5 Å². The Morgan fingerprint density at radius 1 is 0.705 bits per heavy atom. The lowest BCUT2D eigenvalue weighted by Gasteiger charge is -2.50. The molecule has 0 fully saturated rings. The molecule has 3 aliphatic heterocycles. The maximum atomic E-state index is 13.5. The van der Waals surface area contributed by atoms with Gasteiger partial charge in [0, 0.05) is 40.5 Å². The van der Waals surface area contributed by atoms with E-state index < -0.39 is 81.6 Å². The van der Waals surface area contributed by atoms with E-state index in [-0.39, 0.29) is 39.5 Å². The summed E-state index contributed by atoms with van der Waals surface area (Å²) in [6, 6.07) is 9.64. The van der Waals surface area contributed by atoms with Gasteiger partial charge >= 0.3 is 5.79 Å². The standard InChI is InChI=1S/C31H24O13/c1-10-2-4-13(25(37)24(10)36)29-28(40)27(39)22-17(42-29)9-19-21(26(22)38)23-20-16(35)7-12(32)8-18(20)43-31(44-19,30(23)41)11-3-5-14(33)15(34)6-11/h2-9,23,28-30,32-38,40-41H,1H3. The van der Waals surface area contributed by atoms with Crippen molar-refractivity contribution in [3.63, 3.8) is 0 Å². The summed E-state index contributed by atoms with van der Waals surface area (Å²) in [5.41, 5.74) is -0.513. The van der Waals surface area contributed by atoms with Crippen LogP contribution in [0.5, 0.6) is 57.5 Å². The van der Waals surface area contributed by atoms with Crippen LogP contribution in [0.2, 0.25) is 0 Å². The number of Topliss-reactive ketones (excluding diaryl/α,β-unsaturated/α-hetero) is 1. The van der Waals surface area contributed by atoms with Crippen molar-refractivity contribution >= 4 is 5.78 Å². The number of phenolic OH excluding ortho intramolecular Hbond substituents is 7. The molecule has 0 aromatic heterocycles. The number of ether oxygens (including phenoxy) is 3. The lowest BCUT2D eigenvalue weighted by atomic mass is 9.74. The molecule has 0 saturated heterocycles. The van der Waals surface area contributed by atoms with E-state index in [4.69, 9.17) is 14.2 Å². The third kappa shape index (κ3) is 3.50. The number of fused-ring (bicyclic) bond motifs is 7. The van der Waals surface area contributed by atoms with Gasteiger partial charge in [0.2, 0.25) is 5.78 Å². The molecule has 3 aliphatic rings. The molecule has 226 valence electrons. The zero-order chi connectivity index (χ0) is 31.4. The Balaban J connectivity index is 1.46. The third-order valence-corrected chi connectivity index (χ3v) is 8.35. The predicted molar refractivity (Wildman–Crippen MR) is 147 cm³/mol. The second-order valence-electron chi connectivity index (χ2n) is 10.9. The second-order valence-corrected chi connectivity index (χ2v) is 10.9. The minimum absolute atomic E-state index is 0.00742. The molecular weight excluding hydrogens is 580 g/mol. The third-order valence-electron chi connectivity index (χ3n) is 8.35. The van der Waals surface area contributed by atoms with Crippen molar-refractivity contribution in [1.82, 2.24) is 0 Å². The zero-order valence-corrected chi connectivity index (χ0v) is 22.6. The number of aliphatic hydroxyl groups is 2. The molecule has 0 saturated carbocycles. The molecule has 5 atom stereocenters. The fourth-order valence-electron chi connectivity index (χ4n) is 6.17. The highest BCUT2D eigenvalue weighted by atomic mass is 16.7. The fraction of sp³-hybridized carbons (Fsp3) is 0.194. The summed E-state index contributed by atoms with van der Waals surface area (Å²) in [6.45, 7) is 1.54. The quantitative estimate of drug-likeness (QED) is 0.150. The highest BCUT2D eigenvalue weighted by molar-refractivity contribution is 6.06. The van der Waals surface area contributed by atoms with Gasteiger partial charge in [0.25, 0.3) is 0 Å². The number of hydrogen-bond acceptors (Lipinski definition) is 13. The number of carbonyl (C=O) groups is 1. The Kier molecular flexibility index (Phi) is 5.58. The first kappa shape index (κ1) is 27.3. The van der Waals surface area contributed by atoms with E-state index in [1.165, 1.54) is 31.2 Å². The van der Waals surface area contributed by atoms with Gasteiger partial charge in [0.05, 0.1) is 5.92 Å². The molecule has 4 aromatic carbocycles. The van der Waals surface area contributed by atoms with Crippen molar-refractivity contribution in [2.24, 2.45) is 0 Å². The van der Waals surface area contributed by atoms with Crippen LogP contribution in [0, 0.1) is 6.92 Å². The van der Waals surface area contributed by atoms with Gasteiger partial charge in [0.1, 0.15) is 46.2 Å². The van der Waals surface area contributed by atoms with Crippen molar-refractivity contribution in [2.75, 3.05) is 0 Å². The molecule has 7 rings (SSSR count). The van der Waals surface area contributed by atoms with Crippen LogP contribution in [0.4, 0.5) is 0 Å². The summed E-state index contributed by atoms with van der Waals surface area (Å²) in [4.78, 5) is 13.5. The van der Waals surface area contributed by atoms with Crippen molar-refractivity contribution in [3.8, 4) is 57.5 Å². The van der Waals surface area contributed by atoms with E-state index in [0.29, 0.717) is 5.56 Å². The fourth-order valence-corrected chi connectivity index (χ4v) is 6.17. The van der Waals surface area contributed by atoms with E-state index in [1.54, 1.807) is 0 Å². The SMILES string of the molecule is Cc1ccc(C2Oc3cc4c(c(O)c3C(=O)C2O)C2c3c(O)cc(O)cc3OC(c3ccc(O)c(O)c3)(O4)C2O)c(O)c1O. The molecule has 0 radical (unpaired) electrons. The molecule has 0 spiro atoms. The zero-order valence-electron chi connectivity index (χ0n) is 22.6. The van der Waals surface area contributed by atoms with Crippen molar-refractivity contribution in [1.29, 1.82) is 0 Å². The van der Waals surface area contributed by atoms with Gasteiger partial charge in [0.15, 0.2) is 35.2 Å². The Hall–Kier alpha value is -5.53. The minimum Gasteiger partial charge on any atom is -0.508 e. The number of aromatic hydroxyl groups is 7. The molecule has 4 aromatic rings. The summed E-state index contributed by atoms with van der Waals surface area (Å²) in [5, 5.41) is 96.3. The van der Waals surface area contributed by atoms with Crippen molar-refractivity contribution in [3.05, 3.63) is 81.9 Å². The van der Waals surface area contributed by atoms with E-state index in [9.17, 15) is 50.8 Å².